The van der Waals surface area contributed by atoms with Crippen LogP contribution in [0, 0.1) is 12.7 Å². The summed E-state index contributed by atoms with van der Waals surface area (Å²) in [6, 6.07) is 11.0. The van der Waals surface area contributed by atoms with E-state index in [1.807, 2.05) is 33.2 Å². The van der Waals surface area contributed by atoms with Gasteiger partial charge in [-0.3, -0.25) is 4.68 Å². The molecule has 0 fully saturated rings. The molecule has 1 N–H and O–H groups in total. The Morgan fingerprint density at radius 1 is 1.22 bits per heavy atom. The average molecular weight is 313 g/mol. The quantitative estimate of drug-likeness (QED) is 0.735. The predicted octanol–water partition coefficient (Wildman–Crippen LogP) is 3.29. The molecule has 0 saturated heterocycles. The Labute approximate surface area is 134 Å². The number of hydrogen-bond acceptors (Lipinski definition) is 3. The number of nitrogens with zero attached hydrogens (tertiary/aromatic N) is 2. The van der Waals surface area contributed by atoms with Gasteiger partial charge in [-0.2, -0.15) is 5.10 Å². The number of hydrogen-bond donors (Lipinski definition) is 1. The van der Waals surface area contributed by atoms with Crippen LogP contribution in [0.15, 0.2) is 36.4 Å². The lowest BCUT2D eigenvalue weighted by Crippen LogP contribution is -2.15. The Balaban J connectivity index is 1.99. The molecule has 0 aliphatic rings. The Bertz CT molecular complexity index is 842. The van der Waals surface area contributed by atoms with Gasteiger partial charge in [0.25, 0.3) is 0 Å². The lowest BCUT2D eigenvalue weighted by molar-refractivity contribution is 0.317. The van der Waals surface area contributed by atoms with Crippen LogP contribution in [0.1, 0.15) is 5.56 Å². The summed E-state index contributed by atoms with van der Waals surface area (Å²) >= 11 is 0. The minimum atomic E-state index is -0.326. The molecule has 0 aliphatic carbocycles. The van der Waals surface area contributed by atoms with Crippen molar-refractivity contribution in [3.8, 4) is 17.0 Å². The van der Waals surface area contributed by atoms with Gasteiger partial charge in [-0.25, -0.2) is 4.39 Å². The number of aryl methyl sites for hydroxylation is 2. The Morgan fingerprint density at radius 2 is 2.04 bits per heavy atom. The number of fused-ring (bicyclic) bond motifs is 1. The van der Waals surface area contributed by atoms with Gasteiger partial charge in [0.15, 0.2) is 0 Å². The fourth-order valence-corrected chi connectivity index (χ4v) is 2.61. The summed E-state index contributed by atoms with van der Waals surface area (Å²) in [5, 5.41) is 8.42. The Kier molecular flexibility index (Phi) is 4.30. The van der Waals surface area contributed by atoms with Gasteiger partial charge < -0.3 is 10.1 Å². The molecule has 23 heavy (non-hydrogen) atoms. The first-order valence-electron chi connectivity index (χ1n) is 7.61. The molecule has 2 aromatic carbocycles. The van der Waals surface area contributed by atoms with Gasteiger partial charge in [-0.15, -0.1) is 0 Å². The van der Waals surface area contributed by atoms with Crippen molar-refractivity contribution < 1.29 is 9.13 Å². The standard InChI is InChI=1S/C18H20FN3O/c1-12-4-6-15-17(10-12)22(3)21-18(15)14-7-5-13(11-16(14)19)23-9-8-20-2/h4-7,10-11,20H,8-9H2,1-3H3. The van der Waals surface area contributed by atoms with Gasteiger partial charge in [0, 0.05) is 30.6 Å². The van der Waals surface area contributed by atoms with E-state index in [0.717, 1.165) is 16.5 Å². The maximum atomic E-state index is 14.5. The van der Waals surface area contributed by atoms with E-state index >= 15 is 0 Å². The third kappa shape index (κ3) is 3.05. The third-order valence-corrected chi connectivity index (χ3v) is 3.82. The molecule has 0 atom stereocenters. The van der Waals surface area contributed by atoms with E-state index in [-0.39, 0.29) is 5.82 Å². The van der Waals surface area contributed by atoms with Crippen molar-refractivity contribution in [3.05, 3.63) is 47.8 Å². The van der Waals surface area contributed by atoms with Crippen molar-refractivity contribution in [3.63, 3.8) is 0 Å². The molecule has 1 heterocycles. The summed E-state index contributed by atoms with van der Waals surface area (Å²) in [6.45, 7) is 3.25. The van der Waals surface area contributed by atoms with Gasteiger partial charge >= 0.3 is 0 Å². The molecule has 0 amide bonds. The van der Waals surface area contributed by atoms with Crippen molar-refractivity contribution >= 4 is 10.9 Å². The molecule has 120 valence electrons. The number of aromatic nitrogens is 2. The van der Waals surface area contributed by atoms with E-state index in [0.29, 0.717) is 30.2 Å². The highest BCUT2D eigenvalue weighted by Gasteiger charge is 2.15. The zero-order chi connectivity index (χ0) is 16.4. The molecule has 3 rings (SSSR count). The first-order valence-corrected chi connectivity index (χ1v) is 7.61. The van der Waals surface area contributed by atoms with E-state index in [2.05, 4.69) is 16.5 Å². The normalized spacial score (nSPS) is 11.1. The van der Waals surface area contributed by atoms with Crippen LogP contribution in [-0.2, 0) is 7.05 Å². The first-order chi connectivity index (χ1) is 11.1. The monoisotopic (exact) mass is 313 g/mol. The SMILES string of the molecule is CNCCOc1ccc(-c2nn(C)c3cc(C)ccc23)c(F)c1. The van der Waals surface area contributed by atoms with Crippen molar-refractivity contribution in [1.82, 2.24) is 15.1 Å². The van der Waals surface area contributed by atoms with Crippen molar-refractivity contribution in [2.45, 2.75) is 6.92 Å². The van der Waals surface area contributed by atoms with Crippen LogP contribution >= 0.6 is 0 Å². The van der Waals surface area contributed by atoms with Crippen LogP contribution in [0.4, 0.5) is 4.39 Å². The van der Waals surface area contributed by atoms with Gasteiger partial charge in [-0.05, 0) is 37.7 Å². The smallest absolute Gasteiger partial charge is 0.136 e. The fourth-order valence-electron chi connectivity index (χ4n) is 2.61. The third-order valence-electron chi connectivity index (χ3n) is 3.82. The number of rotatable bonds is 5. The van der Waals surface area contributed by atoms with Crippen LogP contribution in [0.25, 0.3) is 22.2 Å². The molecule has 0 aliphatic heterocycles. The topological polar surface area (TPSA) is 39.1 Å². The molecule has 1 aromatic heterocycles. The Morgan fingerprint density at radius 3 is 2.78 bits per heavy atom. The molecule has 3 aromatic rings. The fraction of sp³-hybridized carbons (Fsp3) is 0.278. The van der Waals surface area contributed by atoms with Crippen molar-refractivity contribution in [2.75, 3.05) is 20.2 Å². The molecule has 5 heteroatoms. The average Bonchev–Trinajstić information content (AvgIpc) is 2.84. The van der Waals surface area contributed by atoms with Gasteiger partial charge in [0.2, 0.25) is 0 Å². The minimum Gasteiger partial charge on any atom is -0.492 e. The van der Waals surface area contributed by atoms with Crippen molar-refractivity contribution in [2.24, 2.45) is 7.05 Å². The Hall–Kier alpha value is -2.40. The van der Waals surface area contributed by atoms with E-state index in [4.69, 9.17) is 4.74 Å². The number of ether oxygens (including phenoxy) is 1. The number of benzene rings is 2. The number of likely N-dealkylation sites (N-methyl/N-ethyl adjacent to an activating group) is 1. The molecule has 4 nitrogen and oxygen atoms in total. The largest absolute Gasteiger partial charge is 0.492 e. The first kappa shape index (κ1) is 15.5. The van der Waals surface area contributed by atoms with Crippen LogP contribution in [0.5, 0.6) is 5.75 Å². The summed E-state index contributed by atoms with van der Waals surface area (Å²) < 4.78 is 21.8. The van der Waals surface area contributed by atoms with Gasteiger partial charge in [0.1, 0.15) is 23.9 Å². The van der Waals surface area contributed by atoms with Gasteiger partial charge in [0.05, 0.1) is 5.52 Å². The molecule has 0 radical (unpaired) electrons. The maximum Gasteiger partial charge on any atom is 0.136 e. The number of halogens is 1. The molecular weight excluding hydrogens is 293 g/mol. The van der Waals surface area contributed by atoms with E-state index in [9.17, 15) is 4.39 Å². The highest BCUT2D eigenvalue weighted by Crippen LogP contribution is 2.31. The second kappa shape index (κ2) is 6.38. The summed E-state index contributed by atoms with van der Waals surface area (Å²) in [5.41, 5.74) is 3.29. The summed E-state index contributed by atoms with van der Waals surface area (Å²) in [7, 11) is 3.72. The van der Waals surface area contributed by atoms with Crippen molar-refractivity contribution in [1.29, 1.82) is 0 Å². The molecule has 0 saturated carbocycles. The van der Waals surface area contributed by atoms with Crippen LogP contribution in [0.2, 0.25) is 0 Å². The second-order valence-corrected chi connectivity index (χ2v) is 5.59. The molecule has 0 unspecified atom stereocenters. The second-order valence-electron chi connectivity index (χ2n) is 5.59. The highest BCUT2D eigenvalue weighted by atomic mass is 19.1. The van der Waals surface area contributed by atoms with Crippen LogP contribution < -0.4 is 10.1 Å². The predicted molar refractivity (Wildman–Crippen MR) is 90.3 cm³/mol. The van der Waals surface area contributed by atoms with Crippen LogP contribution in [0.3, 0.4) is 0 Å². The van der Waals surface area contributed by atoms with E-state index in [1.54, 1.807) is 16.8 Å². The summed E-state index contributed by atoms with van der Waals surface area (Å²) in [5.74, 6) is 0.199. The summed E-state index contributed by atoms with van der Waals surface area (Å²) in [4.78, 5) is 0. The molecule has 0 spiro atoms. The zero-order valence-electron chi connectivity index (χ0n) is 13.6. The van der Waals surface area contributed by atoms with Crippen LogP contribution in [-0.4, -0.2) is 30.0 Å². The van der Waals surface area contributed by atoms with Gasteiger partial charge in [-0.1, -0.05) is 12.1 Å². The lowest BCUT2D eigenvalue weighted by atomic mass is 10.1. The minimum absolute atomic E-state index is 0.326. The van der Waals surface area contributed by atoms with E-state index in [1.165, 1.54) is 6.07 Å². The zero-order valence-corrected chi connectivity index (χ0v) is 13.6. The lowest BCUT2D eigenvalue weighted by Gasteiger charge is -2.07. The molecular formula is C18H20FN3O. The number of nitrogens with one attached hydrogen (secondary N) is 1. The summed E-state index contributed by atoms with van der Waals surface area (Å²) in [6.07, 6.45) is 0. The van der Waals surface area contributed by atoms with E-state index < -0.39 is 0 Å². The maximum absolute atomic E-state index is 14.5. The highest BCUT2D eigenvalue weighted by molar-refractivity contribution is 5.93. The molecule has 0 bridgehead atoms.